The summed E-state index contributed by atoms with van der Waals surface area (Å²) in [5.74, 6) is 0.0777. The van der Waals surface area contributed by atoms with Gasteiger partial charge in [-0.25, -0.2) is 0 Å². The minimum absolute atomic E-state index is 0.0777. The molecule has 0 aliphatic rings. The lowest BCUT2D eigenvalue weighted by atomic mass is 10.1. The molecule has 0 unspecified atom stereocenters. The molecule has 0 saturated carbocycles. The normalized spacial score (nSPS) is 10.3. The van der Waals surface area contributed by atoms with E-state index < -0.39 is 0 Å². The molecule has 1 amide bonds. The molecule has 1 N–H and O–H groups in total. The van der Waals surface area contributed by atoms with Crippen LogP contribution in [0.3, 0.4) is 0 Å². The minimum Gasteiger partial charge on any atom is -0.355 e. The van der Waals surface area contributed by atoms with E-state index >= 15 is 0 Å². The Bertz CT molecular complexity index is 493. The average Bonchev–Trinajstić information content (AvgIpc) is 2.85. The number of hydrogen-bond acceptors (Lipinski definition) is 2. The van der Waals surface area contributed by atoms with Gasteiger partial charge >= 0.3 is 0 Å². The van der Waals surface area contributed by atoms with Gasteiger partial charge in [0.05, 0.1) is 6.42 Å². The third-order valence-corrected chi connectivity index (χ3v) is 4.02. The Hall–Kier alpha value is -1.13. The highest BCUT2D eigenvalue weighted by Crippen LogP contribution is 2.11. The Labute approximate surface area is 119 Å². The van der Waals surface area contributed by atoms with E-state index in [4.69, 9.17) is 0 Å². The quantitative estimate of drug-likeness (QED) is 0.897. The number of nitrogens with one attached hydrogen (secondary N) is 1. The second-order valence-corrected chi connectivity index (χ2v) is 5.93. The summed E-state index contributed by atoms with van der Waals surface area (Å²) < 4.78 is 1.03. The first-order valence-corrected chi connectivity index (χ1v) is 7.45. The summed E-state index contributed by atoms with van der Waals surface area (Å²) in [6.45, 7) is 0.704. The van der Waals surface area contributed by atoms with Gasteiger partial charge in [-0.15, -0.1) is 11.3 Å². The zero-order chi connectivity index (χ0) is 12.8. The molecule has 0 bridgehead atoms. The fourth-order valence-corrected chi connectivity index (χ4v) is 2.60. The molecule has 0 spiro atoms. The van der Waals surface area contributed by atoms with Gasteiger partial charge < -0.3 is 5.32 Å². The molecule has 0 aliphatic heterocycles. The van der Waals surface area contributed by atoms with E-state index in [9.17, 15) is 4.79 Å². The predicted molar refractivity (Wildman–Crippen MR) is 78.9 cm³/mol. The topological polar surface area (TPSA) is 29.1 Å². The van der Waals surface area contributed by atoms with Gasteiger partial charge in [0.2, 0.25) is 5.91 Å². The average molecular weight is 324 g/mol. The second-order valence-electron chi connectivity index (χ2n) is 3.98. The van der Waals surface area contributed by atoms with Gasteiger partial charge in [-0.1, -0.05) is 34.1 Å². The van der Waals surface area contributed by atoms with Crippen LogP contribution in [0, 0.1) is 0 Å². The van der Waals surface area contributed by atoms with Crippen molar-refractivity contribution in [2.45, 2.75) is 12.8 Å². The predicted octanol–water partition coefficient (Wildman–Crippen LogP) is 3.41. The van der Waals surface area contributed by atoms with Crippen molar-refractivity contribution >= 4 is 33.2 Å². The highest BCUT2D eigenvalue weighted by molar-refractivity contribution is 9.10. The molecule has 0 atom stereocenters. The summed E-state index contributed by atoms with van der Waals surface area (Å²) in [4.78, 5) is 13.0. The molecule has 1 heterocycles. The summed E-state index contributed by atoms with van der Waals surface area (Å²) in [6.07, 6.45) is 1.35. The number of benzene rings is 1. The largest absolute Gasteiger partial charge is 0.355 e. The first-order valence-electron chi connectivity index (χ1n) is 5.77. The van der Waals surface area contributed by atoms with Crippen molar-refractivity contribution < 1.29 is 4.79 Å². The summed E-state index contributed by atoms with van der Waals surface area (Å²) >= 11 is 5.10. The van der Waals surface area contributed by atoms with Gasteiger partial charge in [-0.2, -0.15) is 0 Å². The summed E-state index contributed by atoms with van der Waals surface area (Å²) in [7, 11) is 0. The van der Waals surface area contributed by atoms with Gasteiger partial charge in [0, 0.05) is 15.9 Å². The summed E-state index contributed by atoms with van der Waals surface area (Å²) in [5, 5.41) is 4.99. The lowest BCUT2D eigenvalue weighted by Gasteiger charge is -2.04. The molecule has 2 rings (SSSR count). The molecular weight excluding hydrogens is 310 g/mol. The fourth-order valence-electron chi connectivity index (χ4n) is 1.63. The smallest absolute Gasteiger partial charge is 0.224 e. The first-order chi connectivity index (χ1) is 8.74. The van der Waals surface area contributed by atoms with Crippen LogP contribution >= 0.6 is 27.3 Å². The van der Waals surface area contributed by atoms with Crippen LogP contribution in [0.4, 0.5) is 0 Å². The standard InChI is InChI=1S/C14H14BrNOS/c15-12-5-3-11(4-6-12)10-14(17)16-8-7-13-2-1-9-18-13/h1-6,9H,7-8,10H2,(H,16,17). The number of hydrogen-bond donors (Lipinski definition) is 1. The van der Waals surface area contributed by atoms with E-state index in [0.717, 1.165) is 16.5 Å². The minimum atomic E-state index is 0.0777. The Morgan fingerprint density at radius 3 is 2.67 bits per heavy atom. The van der Waals surface area contributed by atoms with E-state index in [1.807, 2.05) is 30.3 Å². The Balaban J connectivity index is 1.73. The Morgan fingerprint density at radius 1 is 1.22 bits per heavy atom. The van der Waals surface area contributed by atoms with Crippen LogP contribution in [-0.2, 0) is 17.6 Å². The van der Waals surface area contributed by atoms with Gasteiger partial charge in [-0.05, 0) is 35.6 Å². The van der Waals surface area contributed by atoms with E-state index in [2.05, 4.69) is 32.7 Å². The number of halogens is 1. The van der Waals surface area contributed by atoms with Crippen LogP contribution in [0.15, 0.2) is 46.3 Å². The van der Waals surface area contributed by atoms with Crippen molar-refractivity contribution in [3.63, 3.8) is 0 Å². The van der Waals surface area contributed by atoms with Crippen molar-refractivity contribution in [2.75, 3.05) is 6.54 Å². The highest BCUT2D eigenvalue weighted by atomic mass is 79.9. The lowest BCUT2D eigenvalue weighted by Crippen LogP contribution is -2.27. The molecular formula is C14H14BrNOS. The molecule has 0 saturated heterocycles. The van der Waals surface area contributed by atoms with Crippen LogP contribution in [-0.4, -0.2) is 12.5 Å². The van der Waals surface area contributed by atoms with Crippen molar-refractivity contribution in [2.24, 2.45) is 0 Å². The zero-order valence-electron chi connectivity index (χ0n) is 9.86. The van der Waals surface area contributed by atoms with Crippen molar-refractivity contribution in [1.29, 1.82) is 0 Å². The van der Waals surface area contributed by atoms with Gasteiger partial charge in [0.25, 0.3) is 0 Å². The van der Waals surface area contributed by atoms with Crippen LogP contribution in [0.1, 0.15) is 10.4 Å². The Morgan fingerprint density at radius 2 is 2.00 bits per heavy atom. The van der Waals surface area contributed by atoms with E-state index in [0.29, 0.717) is 13.0 Å². The second kappa shape index (κ2) is 6.71. The molecule has 2 aromatic rings. The van der Waals surface area contributed by atoms with E-state index in [1.54, 1.807) is 11.3 Å². The highest BCUT2D eigenvalue weighted by Gasteiger charge is 2.03. The van der Waals surface area contributed by atoms with Crippen LogP contribution in [0.2, 0.25) is 0 Å². The van der Waals surface area contributed by atoms with Gasteiger partial charge in [0.1, 0.15) is 0 Å². The van der Waals surface area contributed by atoms with E-state index in [1.165, 1.54) is 4.88 Å². The molecule has 4 heteroatoms. The number of thiophene rings is 1. The number of carbonyl (C=O) groups is 1. The maximum Gasteiger partial charge on any atom is 0.224 e. The molecule has 0 aliphatic carbocycles. The summed E-state index contributed by atoms with van der Waals surface area (Å²) in [5.41, 5.74) is 1.03. The van der Waals surface area contributed by atoms with E-state index in [-0.39, 0.29) is 5.91 Å². The number of carbonyl (C=O) groups excluding carboxylic acids is 1. The molecule has 0 fully saturated rings. The SMILES string of the molecule is O=C(Cc1ccc(Br)cc1)NCCc1cccs1. The van der Waals surface area contributed by atoms with Crippen molar-refractivity contribution in [1.82, 2.24) is 5.32 Å². The van der Waals surface area contributed by atoms with Crippen LogP contribution < -0.4 is 5.32 Å². The molecule has 0 radical (unpaired) electrons. The van der Waals surface area contributed by atoms with Gasteiger partial charge in [-0.3, -0.25) is 4.79 Å². The van der Waals surface area contributed by atoms with Gasteiger partial charge in [0.15, 0.2) is 0 Å². The Kier molecular flexibility index (Phi) is 4.96. The molecule has 94 valence electrons. The molecule has 1 aromatic carbocycles. The maximum atomic E-state index is 11.7. The molecule has 2 nitrogen and oxygen atoms in total. The first kappa shape index (κ1) is 13.3. The fraction of sp³-hybridized carbons (Fsp3) is 0.214. The van der Waals surface area contributed by atoms with Crippen LogP contribution in [0.25, 0.3) is 0 Å². The summed E-state index contributed by atoms with van der Waals surface area (Å²) in [6, 6.07) is 11.9. The number of amides is 1. The maximum absolute atomic E-state index is 11.7. The van der Waals surface area contributed by atoms with Crippen LogP contribution in [0.5, 0.6) is 0 Å². The molecule has 18 heavy (non-hydrogen) atoms. The zero-order valence-corrected chi connectivity index (χ0v) is 12.3. The third kappa shape index (κ3) is 4.27. The number of rotatable bonds is 5. The monoisotopic (exact) mass is 323 g/mol. The van der Waals surface area contributed by atoms with Crippen molar-refractivity contribution in [3.05, 3.63) is 56.7 Å². The lowest BCUT2D eigenvalue weighted by molar-refractivity contribution is -0.120. The van der Waals surface area contributed by atoms with Crippen molar-refractivity contribution in [3.8, 4) is 0 Å². The third-order valence-electron chi connectivity index (χ3n) is 2.55. The molecule has 1 aromatic heterocycles.